The van der Waals surface area contributed by atoms with Crippen LogP contribution in [0.3, 0.4) is 0 Å². The van der Waals surface area contributed by atoms with E-state index in [4.69, 9.17) is 5.73 Å². The molecule has 0 unspecified atom stereocenters. The lowest BCUT2D eigenvalue weighted by Gasteiger charge is -1.96. The highest BCUT2D eigenvalue weighted by atomic mass is 14.9. The fraction of sp³-hybridized carbons (Fsp3) is 0. The van der Waals surface area contributed by atoms with Gasteiger partial charge in [0.25, 0.3) is 0 Å². The number of nitrogens with zero attached hydrogens (tertiary/aromatic N) is 2. The third-order valence-corrected chi connectivity index (χ3v) is 1.40. The zero-order chi connectivity index (χ0) is 6.97. The topological polar surface area (TPSA) is 53.0 Å². The van der Waals surface area contributed by atoms with Gasteiger partial charge in [0, 0.05) is 24.0 Å². The van der Waals surface area contributed by atoms with E-state index in [1.165, 1.54) is 0 Å². The van der Waals surface area contributed by atoms with Crippen LogP contribution in [-0.4, -0.2) is 4.98 Å². The highest BCUT2D eigenvalue weighted by Gasteiger charge is 2.05. The molecule has 2 heterocycles. The van der Waals surface area contributed by atoms with E-state index in [2.05, 4.69) is 10.3 Å². The first-order valence-electron chi connectivity index (χ1n) is 2.99. The van der Waals surface area contributed by atoms with Crippen molar-refractivity contribution in [3.63, 3.8) is 0 Å². The minimum absolute atomic E-state index is 0.520. The third kappa shape index (κ3) is 0.639. The first-order chi connectivity index (χ1) is 4.86. The van der Waals surface area contributed by atoms with Crippen molar-refractivity contribution >= 4 is 17.6 Å². The summed E-state index contributed by atoms with van der Waals surface area (Å²) in [5, 5.41) is 4.06. The van der Waals surface area contributed by atoms with E-state index in [1.807, 2.05) is 6.08 Å². The van der Waals surface area contributed by atoms with Gasteiger partial charge in [-0.15, -0.1) is 0 Å². The van der Waals surface area contributed by atoms with E-state index < -0.39 is 0 Å². The normalized spacial score (nSPS) is 12.8. The lowest BCUT2D eigenvalue weighted by Crippen LogP contribution is -1.91. The van der Waals surface area contributed by atoms with Crippen LogP contribution >= 0.6 is 0 Å². The summed E-state index contributed by atoms with van der Waals surface area (Å²) in [4.78, 5) is 3.92. The molecule has 3 heteroatoms. The molecule has 1 aromatic rings. The molecule has 0 spiro atoms. The van der Waals surface area contributed by atoms with Crippen molar-refractivity contribution in [2.45, 2.75) is 0 Å². The highest BCUT2D eigenvalue weighted by Crippen LogP contribution is 2.22. The van der Waals surface area contributed by atoms with Gasteiger partial charge in [0.15, 0.2) is 0 Å². The average molecular weight is 132 g/mol. The van der Waals surface area contributed by atoms with Crippen LogP contribution in [0, 0.1) is 0 Å². The molecule has 1 radical (unpaired) electrons. The van der Waals surface area contributed by atoms with Gasteiger partial charge in [-0.1, -0.05) is 0 Å². The summed E-state index contributed by atoms with van der Waals surface area (Å²) in [6.45, 7) is 0. The second kappa shape index (κ2) is 1.73. The smallest absolute Gasteiger partial charge is 0.125 e. The van der Waals surface area contributed by atoms with Gasteiger partial charge in [0.05, 0.1) is 5.69 Å². The first kappa shape index (κ1) is 5.29. The number of aromatic nitrogens is 1. The van der Waals surface area contributed by atoms with Crippen LogP contribution < -0.4 is 11.1 Å². The summed E-state index contributed by atoms with van der Waals surface area (Å²) in [6, 6.07) is 1.76. The molecule has 0 saturated carbocycles. The zero-order valence-corrected chi connectivity index (χ0v) is 5.28. The Labute approximate surface area is 58.6 Å². The van der Waals surface area contributed by atoms with Crippen LogP contribution in [0.25, 0.3) is 6.08 Å². The highest BCUT2D eigenvalue weighted by molar-refractivity contribution is 5.69. The standard InChI is InChI=1S/C7H6N3/c8-7-3-6-5(4-10-7)1-2-9-6/h1-4H,(H2,8,10). The van der Waals surface area contributed by atoms with Gasteiger partial charge in [-0.3, -0.25) is 5.32 Å². The van der Waals surface area contributed by atoms with E-state index >= 15 is 0 Å². The molecular formula is C7H6N3. The molecule has 0 fully saturated rings. The minimum Gasteiger partial charge on any atom is -0.384 e. The molecular weight excluding hydrogens is 126 g/mol. The number of nitrogens with two attached hydrogens (primary N) is 1. The molecule has 1 aliphatic rings. The second-order valence-corrected chi connectivity index (χ2v) is 2.11. The molecule has 0 aliphatic carbocycles. The third-order valence-electron chi connectivity index (χ3n) is 1.40. The quantitative estimate of drug-likeness (QED) is 0.569. The summed E-state index contributed by atoms with van der Waals surface area (Å²) in [5.74, 6) is 0.520. The van der Waals surface area contributed by atoms with Gasteiger partial charge in [-0.05, 0) is 6.08 Å². The van der Waals surface area contributed by atoms with Crippen molar-refractivity contribution in [1.82, 2.24) is 10.3 Å². The fourth-order valence-corrected chi connectivity index (χ4v) is 0.909. The van der Waals surface area contributed by atoms with Crippen molar-refractivity contribution in [1.29, 1.82) is 0 Å². The summed E-state index contributed by atoms with van der Waals surface area (Å²) in [7, 11) is 0. The SMILES string of the molecule is Nc1cc2c(cn1)C=C[N]2. The van der Waals surface area contributed by atoms with E-state index in [0.717, 1.165) is 11.3 Å². The maximum absolute atomic E-state index is 5.43. The number of fused-ring (bicyclic) bond motifs is 1. The second-order valence-electron chi connectivity index (χ2n) is 2.11. The lowest BCUT2D eigenvalue weighted by atomic mass is 10.2. The molecule has 0 saturated heterocycles. The number of hydrogen-bond acceptors (Lipinski definition) is 2. The summed E-state index contributed by atoms with van der Waals surface area (Å²) < 4.78 is 0. The van der Waals surface area contributed by atoms with Crippen molar-refractivity contribution in [2.75, 3.05) is 5.73 Å². The number of nitrogen functional groups attached to an aromatic ring is 1. The number of hydrogen-bond donors (Lipinski definition) is 1. The van der Waals surface area contributed by atoms with Crippen molar-refractivity contribution < 1.29 is 0 Å². The van der Waals surface area contributed by atoms with Gasteiger partial charge in [0.2, 0.25) is 0 Å². The van der Waals surface area contributed by atoms with Crippen molar-refractivity contribution in [3.8, 4) is 0 Å². The Morgan fingerprint density at radius 3 is 3.20 bits per heavy atom. The minimum atomic E-state index is 0.520. The van der Waals surface area contributed by atoms with Gasteiger partial charge in [-0.2, -0.15) is 0 Å². The molecule has 1 aliphatic heterocycles. The maximum Gasteiger partial charge on any atom is 0.125 e. The van der Waals surface area contributed by atoms with Crippen molar-refractivity contribution in [2.24, 2.45) is 0 Å². The van der Waals surface area contributed by atoms with E-state index in [1.54, 1.807) is 18.5 Å². The Kier molecular flexibility index (Phi) is 0.917. The van der Waals surface area contributed by atoms with Crippen LogP contribution in [0.5, 0.6) is 0 Å². The Morgan fingerprint density at radius 1 is 1.40 bits per heavy atom. The Hall–Kier alpha value is -1.51. The zero-order valence-electron chi connectivity index (χ0n) is 5.28. The average Bonchev–Trinajstić information content (AvgIpc) is 2.33. The van der Waals surface area contributed by atoms with Crippen LogP contribution in [0.4, 0.5) is 11.5 Å². The monoisotopic (exact) mass is 132 g/mol. The van der Waals surface area contributed by atoms with Gasteiger partial charge in [0.1, 0.15) is 5.82 Å². The fourth-order valence-electron chi connectivity index (χ4n) is 0.909. The Balaban J connectivity index is 2.59. The predicted octanol–water partition coefficient (Wildman–Crippen LogP) is 0.884. The Morgan fingerprint density at radius 2 is 2.30 bits per heavy atom. The van der Waals surface area contributed by atoms with Crippen LogP contribution in [0.15, 0.2) is 18.5 Å². The maximum atomic E-state index is 5.43. The van der Waals surface area contributed by atoms with Gasteiger partial charge in [-0.25, -0.2) is 4.98 Å². The molecule has 49 valence electrons. The van der Waals surface area contributed by atoms with Crippen LogP contribution in [-0.2, 0) is 0 Å². The van der Waals surface area contributed by atoms with Crippen molar-refractivity contribution in [3.05, 3.63) is 24.0 Å². The molecule has 2 rings (SSSR count). The van der Waals surface area contributed by atoms with Crippen LogP contribution in [0.1, 0.15) is 5.56 Å². The lowest BCUT2D eigenvalue weighted by molar-refractivity contribution is 1.20. The Bertz CT molecular complexity index is 291. The molecule has 2 N–H and O–H groups in total. The van der Waals surface area contributed by atoms with Gasteiger partial charge >= 0.3 is 0 Å². The summed E-state index contributed by atoms with van der Waals surface area (Å²) >= 11 is 0. The van der Waals surface area contributed by atoms with Crippen LogP contribution in [0.2, 0.25) is 0 Å². The van der Waals surface area contributed by atoms with E-state index in [0.29, 0.717) is 5.82 Å². The summed E-state index contributed by atoms with van der Waals surface area (Å²) in [5.41, 5.74) is 7.38. The molecule has 10 heavy (non-hydrogen) atoms. The predicted molar refractivity (Wildman–Crippen MR) is 39.5 cm³/mol. The molecule has 0 aromatic carbocycles. The molecule has 1 aromatic heterocycles. The van der Waals surface area contributed by atoms with Gasteiger partial charge < -0.3 is 5.73 Å². The molecule has 0 amide bonds. The number of anilines is 1. The first-order valence-corrected chi connectivity index (χ1v) is 2.99. The van der Waals surface area contributed by atoms with E-state index in [-0.39, 0.29) is 0 Å². The molecule has 0 atom stereocenters. The van der Waals surface area contributed by atoms with E-state index in [9.17, 15) is 0 Å². The summed E-state index contributed by atoms with van der Waals surface area (Å²) in [6.07, 6.45) is 5.37. The largest absolute Gasteiger partial charge is 0.384 e. The number of rotatable bonds is 0. The molecule has 0 bridgehead atoms. The number of pyridine rings is 1. The molecule has 3 nitrogen and oxygen atoms in total.